The Morgan fingerprint density at radius 2 is 1.75 bits per heavy atom. The van der Waals surface area contributed by atoms with Gasteiger partial charge in [-0.05, 0) is 12.3 Å². The molecule has 1 N–H and O–H groups in total. The standard InChI is InChI=1S/C11H19NO4/c1-7(13)6-8(14)12-9(10(15)16-5)11(2,3)4/h9H,6H2,1-5H3,(H,12,14)/t9-/m1/s1. The first-order chi connectivity index (χ1) is 7.18. The Hall–Kier alpha value is -1.39. The van der Waals surface area contributed by atoms with Gasteiger partial charge < -0.3 is 10.1 Å². The van der Waals surface area contributed by atoms with Crippen molar-refractivity contribution < 1.29 is 19.1 Å². The molecule has 0 bridgehead atoms. The van der Waals surface area contributed by atoms with Crippen LogP contribution in [0.2, 0.25) is 0 Å². The number of esters is 1. The van der Waals surface area contributed by atoms with Gasteiger partial charge in [-0.2, -0.15) is 0 Å². The summed E-state index contributed by atoms with van der Waals surface area (Å²) in [7, 11) is 1.26. The number of carbonyl (C=O) groups excluding carboxylic acids is 3. The summed E-state index contributed by atoms with van der Waals surface area (Å²) >= 11 is 0. The van der Waals surface area contributed by atoms with Crippen LogP contribution in [0.1, 0.15) is 34.1 Å². The number of Topliss-reactive ketones (excluding diaryl/α,β-unsaturated/α-hetero) is 1. The highest BCUT2D eigenvalue weighted by atomic mass is 16.5. The Kier molecular flexibility index (Phi) is 5.14. The SMILES string of the molecule is COC(=O)[C@@H](NC(=O)CC(C)=O)C(C)(C)C. The summed E-state index contributed by atoms with van der Waals surface area (Å²) in [6.45, 7) is 6.75. The molecule has 0 rings (SSSR count). The lowest BCUT2D eigenvalue weighted by atomic mass is 9.86. The molecular weight excluding hydrogens is 210 g/mol. The van der Waals surface area contributed by atoms with Crippen molar-refractivity contribution in [2.45, 2.75) is 40.2 Å². The average molecular weight is 229 g/mol. The van der Waals surface area contributed by atoms with Gasteiger partial charge in [0, 0.05) is 0 Å². The summed E-state index contributed by atoms with van der Waals surface area (Å²) in [6.07, 6.45) is -0.219. The van der Waals surface area contributed by atoms with Crippen LogP contribution in [-0.2, 0) is 19.1 Å². The van der Waals surface area contributed by atoms with E-state index in [1.165, 1.54) is 14.0 Å². The maximum absolute atomic E-state index is 11.5. The molecule has 0 aliphatic rings. The van der Waals surface area contributed by atoms with Crippen molar-refractivity contribution in [3.05, 3.63) is 0 Å². The summed E-state index contributed by atoms with van der Waals surface area (Å²) in [6, 6.07) is -0.746. The van der Waals surface area contributed by atoms with Crippen molar-refractivity contribution in [1.29, 1.82) is 0 Å². The zero-order valence-corrected chi connectivity index (χ0v) is 10.4. The molecule has 5 heteroatoms. The van der Waals surface area contributed by atoms with Crippen LogP contribution in [0.5, 0.6) is 0 Å². The molecule has 1 amide bonds. The van der Waals surface area contributed by atoms with Crippen molar-refractivity contribution in [2.24, 2.45) is 5.41 Å². The van der Waals surface area contributed by atoms with E-state index in [0.29, 0.717) is 0 Å². The summed E-state index contributed by atoms with van der Waals surface area (Å²) < 4.78 is 4.61. The second-order valence-electron chi connectivity index (χ2n) is 4.77. The van der Waals surface area contributed by atoms with E-state index in [1.807, 2.05) is 20.8 Å². The van der Waals surface area contributed by atoms with Crippen LogP contribution >= 0.6 is 0 Å². The first-order valence-electron chi connectivity index (χ1n) is 5.05. The summed E-state index contributed by atoms with van der Waals surface area (Å²) in [4.78, 5) is 33.6. The van der Waals surface area contributed by atoms with Gasteiger partial charge in [-0.3, -0.25) is 9.59 Å². The van der Waals surface area contributed by atoms with E-state index < -0.39 is 23.3 Å². The molecule has 5 nitrogen and oxygen atoms in total. The van der Waals surface area contributed by atoms with Crippen molar-refractivity contribution in [3.8, 4) is 0 Å². The molecular formula is C11H19NO4. The number of ketones is 1. The highest BCUT2D eigenvalue weighted by Crippen LogP contribution is 2.20. The molecule has 0 spiro atoms. The monoisotopic (exact) mass is 229 g/mol. The highest BCUT2D eigenvalue weighted by Gasteiger charge is 2.33. The maximum Gasteiger partial charge on any atom is 0.328 e. The zero-order valence-electron chi connectivity index (χ0n) is 10.4. The normalized spacial score (nSPS) is 12.8. The third-order valence-corrected chi connectivity index (χ3v) is 2.02. The fourth-order valence-corrected chi connectivity index (χ4v) is 1.18. The molecule has 16 heavy (non-hydrogen) atoms. The van der Waals surface area contributed by atoms with Crippen LogP contribution in [0.25, 0.3) is 0 Å². The number of amides is 1. The lowest BCUT2D eigenvalue weighted by molar-refractivity contribution is -0.148. The second-order valence-corrected chi connectivity index (χ2v) is 4.77. The molecule has 0 saturated carbocycles. The first kappa shape index (κ1) is 14.6. The van der Waals surface area contributed by atoms with E-state index in [4.69, 9.17) is 0 Å². The molecule has 0 aromatic heterocycles. The van der Waals surface area contributed by atoms with Crippen LogP contribution in [0, 0.1) is 5.41 Å². The number of carbonyl (C=O) groups is 3. The Morgan fingerprint density at radius 3 is 2.06 bits per heavy atom. The van der Waals surface area contributed by atoms with Crippen molar-refractivity contribution in [1.82, 2.24) is 5.32 Å². The van der Waals surface area contributed by atoms with E-state index in [9.17, 15) is 14.4 Å². The number of hydrogen-bond donors (Lipinski definition) is 1. The van der Waals surface area contributed by atoms with Crippen molar-refractivity contribution in [2.75, 3.05) is 7.11 Å². The van der Waals surface area contributed by atoms with E-state index in [0.717, 1.165) is 0 Å². The fourth-order valence-electron chi connectivity index (χ4n) is 1.18. The zero-order chi connectivity index (χ0) is 12.9. The Morgan fingerprint density at radius 1 is 1.25 bits per heavy atom. The van der Waals surface area contributed by atoms with Crippen LogP contribution < -0.4 is 5.32 Å². The molecule has 0 fully saturated rings. The molecule has 92 valence electrons. The number of methoxy groups -OCH3 is 1. The molecule has 0 aliphatic heterocycles. The van der Waals surface area contributed by atoms with E-state index >= 15 is 0 Å². The second kappa shape index (κ2) is 5.63. The lowest BCUT2D eigenvalue weighted by Crippen LogP contribution is -2.49. The van der Waals surface area contributed by atoms with E-state index in [2.05, 4.69) is 10.1 Å². The predicted octanol–water partition coefficient (Wildman–Crippen LogP) is 0.669. The predicted molar refractivity (Wildman–Crippen MR) is 58.7 cm³/mol. The number of nitrogens with one attached hydrogen (secondary N) is 1. The minimum atomic E-state index is -0.746. The molecule has 0 aliphatic carbocycles. The van der Waals surface area contributed by atoms with Gasteiger partial charge in [0.2, 0.25) is 5.91 Å². The Balaban J connectivity index is 4.63. The third-order valence-electron chi connectivity index (χ3n) is 2.02. The summed E-state index contributed by atoms with van der Waals surface area (Å²) in [5.74, 6) is -1.21. The van der Waals surface area contributed by atoms with Crippen LogP contribution in [-0.4, -0.2) is 30.8 Å². The van der Waals surface area contributed by atoms with Gasteiger partial charge in [-0.25, -0.2) is 4.79 Å². The summed E-state index contributed by atoms with van der Waals surface area (Å²) in [5.41, 5.74) is -0.459. The van der Waals surface area contributed by atoms with Gasteiger partial charge in [-0.15, -0.1) is 0 Å². The molecule has 1 atom stereocenters. The topological polar surface area (TPSA) is 72.5 Å². The van der Waals surface area contributed by atoms with E-state index in [-0.39, 0.29) is 12.2 Å². The largest absolute Gasteiger partial charge is 0.467 e. The number of rotatable bonds is 4. The summed E-state index contributed by atoms with van der Waals surface area (Å²) in [5, 5.41) is 2.50. The van der Waals surface area contributed by atoms with Crippen LogP contribution in [0.4, 0.5) is 0 Å². The van der Waals surface area contributed by atoms with Crippen LogP contribution in [0.15, 0.2) is 0 Å². The van der Waals surface area contributed by atoms with Gasteiger partial charge in [0.15, 0.2) is 0 Å². The first-order valence-corrected chi connectivity index (χ1v) is 5.05. The van der Waals surface area contributed by atoms with Crippen molar-refractivity contribution >= 4 is 17.7 Å². The molecule has 0 aromatic rings. The molecule has 0 unspecified atom stereocenters. The fraction of sp³-hybridized carbons (Fsp3) is 0.727. The van der Waals surface area contributed by atoms with Gasteiger partial charge >= 0.3 is 5.97 Å². The molecule has 0 heterocycles. The van der Waals surface area contributed by atoms with Crippen LogP contribution in [0.3, 0.4) is 0 Å². The third kappa shape index (κ3) is 4.91. The van der Waals surface area contributed by atoms with E-state index in [1.54, 1.807) is 0 Å². The van der Waals surface area contributed by atoms with Gasteiger partial charge in [-0.1, -0.05) is 20.8 Å². The minimum Gasteiger partial charge on any atom is -0.467 e. The Labute approximate surface area is 95.5 Å². The minimum absolute atomic E-state index is 0.219. The molecule has 0 radical (unpaired) electrons. The molecule has 0 saturated heterocycles. The number of ether oxygens (including phenoxy) is 1. The van der Waals surface area contributed by atoms with Gasteiger partial charge in [0.1, 0.15) is 11.8 Å². The average Bonchev–Trinajstić information content (AvgIpc) is 2.10. The van der Waals surface area contributed by atoms with Gasteiger partial charge in [0.05, 0.1) is 13.5 Å². The quantitative estimate of drug-likeness (QED) is 0.568. The lowest BCUT2D eigenvalue weighted by Gasteiger charge is -2.28. The molecule has 0 aromatic carbocycles. The maximum atomic E-state index is 11.5. The number of hydrogen-bond acceptors (Lipinski definition) is 4. The van der Waals surface area contributed by atoms with Crippen molar-refractivity contribution in [3.63, 3.8) is 0 Å². The van der Waals surface area contributed by atoms with Gasteiger partial charge in [0.25, 0.3) is 0 Å². The highest BCUT2D eigenvalue weighted by molar-refractivity contribution is 5.98. The smallest absolute Gasteiger partial charge is 0.328 e. The Bertz CT molecular complexity index is 291.